The number of thioether (sulfide) groups is 1. The SMILES string of the molecule is CSCCC(NC(=O)C12CC3CC(CC(C3)C1)C2)C(=O)OCC(=O)c1ccc(Br)cc1. The van der Waals surface area contributed by atoms with Crippen molar-refractivity contribution in [1.82, 2.24) is 5.32 Å². The highest BCUT2D eigenvalue weighted by molar-refractivity contribution is 9.10. The van der Waals surface area contributed by atoms with E-state index in [4.69, 9.17) is 4.74 Å². The summed E-state index contributed by atoms with van der Waals surface area (Å²) in [6.45, 7) is -0.316. The van der Waals surface area contributed by atoms with E-state index in [2.05, 4.69) is 21.2 Å². The molecule has 4 bridgehead atoms. The minimum Gasteiger partial charge on any atom is -0.456 e. The van der Waals surface area contributed by atoms with Gasteiger partial charge in [0.15, 0.2) is 12.4 Å². The topological polar surface area (TPSA) is 72.5 Å². The predicted octanol–water partition coefficient (Wildman–Crippen LogP) is 4.63. The van der Waals surface area contributed by atoms with Gasteiger partial charge in [0, 0.05) is 15.5 Å². The summed E-state index contributed by atoms with van der Waals surface area (Å²) in [6, 6.07) is 6.25. The average molecular weight is 508 g/mol. The Morgan fingerprint density at radius 2 is 1.68 bits per heavy atom. The fraction of sp³-hybridized carbons (Fsp3) is 0.625. The molecule has 0 spiro atoms. The third-order valence-corrected chi connectivity index (χ3v) is 8.40. The highest BCUT2D eigenvalue weighted by Crippen LogP contribution is 2.60. The largest absolute Gasteiger partial charge is 0.456 e. The molecule has 4 saturated carbocycles. The predicted molar refractivity (Wildman–Crippen MR) is 125 cm³/mol. The number of benzene rings is 1. The molecule has 0 aromatic heterocycles. The molecule has 0 aliphatic heterocycles. The Balaban J connectivity index is 1.37. The summed E-state index contributed by atoms with van der Waals surface area (Å²) in [5, 5.41) is 3.04. The second-order valence-electron chi connectivity index (χ2n) is 9.54. The quantitative estimate of drug-likeness (QED) is 0.389. The summed E-state index contributed by atoms with van der Waals surface area (Å²) >= 11 is 4.97. The zero-order chi connectivity index (χ0) is 22.0. The first-order valence-electron chi connectivity index (χ1n) is 11.1. The van der Waals surface area contributed by atoms with Crippen LogP contribution in [0.25, 0.3) is 0 Å². The van der Waals surface area contributed by atoms with Crippen molar-refractivity contribution in [2.45, 2.75) is 51.0 Å². The van der Waals surface area contributed by atoms with Crippen LogP contribution in [0.5, 0.6) is 0 Å². The van der Waals surface area contributed by atoms with E-state index in [1.165, 1.54) is 19.3 Å². The van der Waals surface area contributed by atoms with E-state index in [-0.39, 0.29) is 23.7 Å². The molecule has 168 valence electrons. The van der Waals surface area contributed by atoms with Crippen LogP contribution in [-0.4, -0.2) is 42.3 Å². The maximum Gasteiger partial charge on any atom is 0.329 e. The third kappa shape index (κ3) is 5.19. The maximum atomic E-state index is 13.4. The van der Waals surface area contributed by atoms with Gasteiger partial charge < -0.3 is 10.1 Å². The Morgan fingerprint density at radius 1 is 1.10 bits per heavy atom. The number of hydrogen-bond acceptors (Lipinski definition) is 5. The molecule has 1 amide bonds. The smallest absolute Gasteiger partial charge is 0.329 e. The zero-order valence-corrected chi connectivity index (χ0v) is 20.3. The van der Waals surface area contributed by atoms with Crippen LogP contribution in [0.2, 0.25) is 0 Å². The Bertz CT molecular complexity index is 805. The van der Waals surface area contributed by atoms with Gasteiger partial charge in [-0.1, -0.05) is 28.1 Å². The van der Waals surface area contributed by atoms with Crippen LogP contribution in [0.1, 0.15) is 55.3 Å². The van der Waals surface area contributed by atoms with Crippen molar-refractivity contribution >= 4 is 45.4 Å². The summed E-state index contributed by atoms with van der Waals surface area (Å²) < 4.78 is 6.22. The molecule has 5 nitrogen and oxygen atoms in total. The molecular formula is C24H30BrNO4S. The van der Waals surface area contributed by atoms with Crippen LogP contribution in [0.4, 0.5) is 0 Å². The lowest BCUT2D eigenvalue weighted by molar-refractivity contribution is -0.153. The lowest BCUT2D eigenvalue weighted by atomic mass is 9.49. The van der Waals surface area contributed by atoms with Gasteiger partial charge in [-0.3, -0.25) is 9.59 Å². The number of carbonyl (C=O) groups is 3. The van der Waals surface area contributed by atoms with E-state index in [1.54, 1.807) is 36.0 Å². The number of nitrogens with one attached hydrogen (secondary N) is 1. The van der Waals surface area contributed by atoms with Crippen molar-refractivity contribution in [3.05, 3.63) is 34.3 Å². The second-order valence-corrected chi connectivity index (χ2v) is 11.4. The van der Waals surface area contributed by atoms with Crippen LogP contribution >= 0.6 is 27.7 Å². The fourth-order valence-corrected chi connectivity index (χ4v) is 6.88. The summed E-state index contributed by atoms with van der Waals surface area (Å²) in [6.07, 6.45) is 9.14. The molecule has 1 atom stereocenters. The van der Waals surface area contributed by atoms with Crippen LogP contribution in [0, 0.1) is 23.2 Å². The Labute approximate surface area is 196 Å². The number of carbonyl (C=O) groups excluding carboxylic acids is 3. The first kappa shape index (κ1) is 22.8. The van der Waals surface area contributed by atoms with Gasteiger partial charge >= 0.3 is 5.97 Å². The number of Topliss-reactive ketones (excluding diaryl/α,β-unsaturated/α-hetero) is 1. The van der Waals surface area contributed by atoms with E-state index >= 15 is 0 Å². The molecule has 1 unspecified atom stereocenters. The highest BCUT2D eigenvalue weighted by atomic mass is 79.9. The fourth-order valence-electron chi connectivity index (χ4n) is 6.14. The standard InChI is InChI=1S/C24H30BrNO4S/c1-31-7-6-20(22(28)30-14-21(27)18-2-4-19(25)5-3-18)26-23(29)24-11-15-8-16(12-24)10-17(9-15)13-24/h2-5,15-17,20H,6-14H2,1H3,(H,26,29). The summed E-state index contributed by atoms with van der Waals surface area (Å²) in [5.74, 6) is 1.98. The highest BCUT2D eigenvalue weighted by Gasteiger charge is 2.55. The minimum absolute atomic E-state index is 0.0221. The molecule has 1 aromatic rings. The van der Waals surface area contributed by atoms with Gasteiger partial charge in [-0.15, -0.1) is 0 Å². The molecule has 4 aliphatic carbocycles. The molecular weight excluding hydrogens is 478 g/mol. The van der Waals surface area contributed by atoms with Crippen molar-refractivity contribution in [2.24, 2.45) is 23.2 Å². The number of ether oxygens (including phenoxy) is 1. The maximum absolute atomic E-state index is 13.4. The van der Waals surface area contributed by atoms with Crippen LogP contribution < -0.4 is 5.32 Å². The first-order valence-corrected chi connectivity index (χ1v) is 13.3. The van der Waals surface area contributed by atoms with Crippen molar-refractivity contribution < 1.29 is 19.1 Å². The summed E-state index contributed by atoms with van der Waals surface area (Å²) in [7, 11) is 0. The number of amides is 1. The zero-order valence-electron chi connectivity index (χ0n) is 17.9. The van der Waals surface area contributed by atoms with Crippen molar-refractivity contribution in [3.8, 4) is 0 Å². The molecule has 31 heavy (non-hydrogen) atoms. The van der Waals surface area contributed by atoms with Crippen molar-refractivity contribution in [3.63, 3.8) is 0 Å². The van der Waals surface area contributed by atoms with Gasteiger partial charge in [0.2, 0.25) is 5.91 Å². The second kappa shape index (κ2) is 9.65. The molecule has 7 heteroatoms. The van der Waals surface area contributed by atoms with E-state index in [9.17, 15) is 14.4 Å². The minimum atomic E-state index is -0.703. The van der Waals surface area contributed by atoms with Gasteiger partial charge in [-0.25, -0.2) is 4.79 Å². The van der Waals surface area contributed by atoms with Gasteiger partial charge in [0.25, 0.3) is 0 Å². The van der Waals surface area contributed by atoms with E-state index in [0.717, 1.165) is 29.5 Å². The first-order chi connectivity index (χ1) is 14.9. The Hall–Kier alpha value is -1.34. The van der Waals surface area contributed by atoms with E-state index in [1.807, 2.05) is 6.26 Å². The van der Waals surface area contributed by atoms with Crippen LogP contribution in [0.15, 0.2) is 28.7 Å². The number of rotatable bonds is 9. The normalized spacial score (nSPS) is 29.4. The molecule has 4 fully saturated rings. The number of halogens is 1. The van der Waals surface area contributed by atoms with Gasteiger partial charge in [0.05, 0.1) is 0 Å². The van der Waals surface area contributed by atoms with Gasteiger partial charge in [-0.05, 0) is 86.8 Å². The number of esters is 1. The lowest BCUT2D eigenvalue weighted by Gasteiger charge is -2.55. The van der Waals surface area contributed by atoms with Gasteiger partial charge in [-0.2, -0.15) is 11.8 Å². The number of ketones is 1. The van der Waals surface area contributed by atoms with Crippen LogP contribution in [-0.2, 0) is 14.3 Å². The Kier molecular flexibility index (Phi) is 7.11. The van der Waals surface area contributed by atoms with Crippen molar-refractivity contribution in [1.29, 1.82) is 0 Å². The Morgan fingerprint density at radius 3 is 2.23 bits per heavy atom. The third-order valence-electron chi connectivity index (χ3n) is 7.23. The molecule has 5 rings (SSSR count). The lowest BCUT2D eigenvalue weighted by Crippen LogP contribution is -2.56. The summed E-state index contributed by atoms with van der Waals surface area (Å²) in [4.78, 5) is 38.5. The molecule has 1 N–H and O–H groups in total. The monoisotopic (exact) mass is 507 g/mol. The van der Waals surface area contributed by atoms with E-state index in [0.29, 0.717) is 29.7 Å². The van der Waals surface area contributed by atoms with Crippen LogP contribution in [0.3, 0.4) is 0 Å². The number of hydrogen-bond donors (Lipinski definition) is 1. The average Bonchev–Trinajstić information content (AvgIpc) is 2.74. The molecule has 1 aromatic carbocycles. The molecule has 4 aliphatic rings. The van der Waals surface area contributed by atoms with Gasteiger partial charge in [0.1, 0.15) is 6.04 Å². The van der Waals surface area contributed by atoms with E-state index < -0.39 is 12.0 Å². The summed E-state index contributed by atoms with van der Waals surface area (Å²) in [5.41, 5.74) is 0.189. The van der Waals surface area contributed by atoms with Crippen molar-refractivity contribution in [2.75, 3.05) is 18.6 Å². The molecule has 0 saturated heterocycles. The molecule has 0 radical (unpaired) electrons. The molecule has 0 heterocycles.